The highest BCUT2D eigenvalue weighted by Gasteiger charge is 2.24. The predicted molar refractivity (Wildman–Crippen MR) is 105 cm³/mol. The SMILES string of the molecule is CC(C)C(NC(=O)Nc1ccccc1)C(=O)Nc1ccccc1I. The van der Waals surface area contributed by atoms with Crippen molar-refractivity contribution in [2.75, 3.05) is 10.6 Å². The third-order valence-electron chi connectivity index (χ3n) is 3.40. The Balaban J connectivity index is 2.02. The van der Waals surface area contributed by atoms with E-state index in [-0.39, 0.29) is 11.8 Å². The molecule has 0 saturated carbocycles. The number of benzene rings is 2. The van der Waals surface area contributed by atoms with E-state index >= 15 is 0 Å². The topological polar surface area (TPSA) is 70.2 Å². The molecule has 3 amide bonds. The average molecular weight is 437 g/mol. The van der Waals surface area contributed by atoms with E-state index < -0.39 is 12.1 Å². The van der Waals surface area contributed by atoms with Gasteiger partial charge in [-0.3, -0.25) is 4.79 Å². The summed E-state index contributed by atoms with van der Waals surface area (Å²) in [5.74, 6) is -0.287. The number of halogens is 1. The molecular weight excluding hydrogens is 417 g/mol. The number of amides is 3. The van der Waals surface area contributed by atoms with Crippen molar-refractivity contribution in [2.45, 2.75) is 19.9 Å². The molecule has 0 saturated heterocycles. The van der Waals surface area contributed by atoms with Crippen molar-refractivity contribution >= 4 is 45.9 Å². The van der Waals surface area contributed by atoms with E-state index in [4.69, 9.17) is 0 Å². The van der Waals surface area contributed by atoms with Crippen LogP contribution >= 0.6 is 22.6 Å². The maximum atomic E-state index is 12.5. The molecule has 24 heavy (non-hydrogen) atoms. The van der Waals surface area contributed by atoms with Crippen molar-refractivity contribution in [2.24, 2.45) is 5.92 Å². The molecule has 0 aliphatic rings. The van der Waals surface area contributed by atoms with Crippen LogP contribution in [0.4, 0.5) is 16.2 Å². The Hall–Kier alpha value is -2.09. The highest BCUT2D eigenvalue weighted by atomic mass is 127. The second-order valence-corrected chi connectivity index (χ2v) is 6.82. The van der Waals surface area contributed by atoms with Crippen LogP contribution in [0.25, 0.3) is 0 Å². The van der Waals surface area contributed by atoms with Crippen LogP contribution in [-0.2, 0) is 4.79 Å². The summed E-state index contributed by atoms with van der Waals surface area (Å²) in [5, 5.41) is 8.34. The lowest BCUT2D eigenvalue weighted by molar-refractivity contribution is -0.118. The molecule has 126 valence electrons. The van der Waals surface area contributed by atoms with Gasteiger partial charge in [-0.15, -0.1) is 0 Å². The zero-order valence-electron chi connectivity index (χ0n) is 13.5. The summed E-state index contributed by atoms with van der Waals surface area (Å²) in [5.41, 5.74) is 1.41. The van der Waals surface area contributed by atoms with Crippen molar-refractivity contribution in [3.8, 4) is 0 Å². The first-order chi connectivity index (χ1) is 11.5. The molecule has 0 fully saturated rings. The molecule has 0 aromatic heterocycles. The van der Waals surface area contributed by atoms with Crippen LogP contribution in [0.1, 0.15) is 13.8 Å². The number of anilines is 2. The predicted octanol–water partition coefficient (Wildman–Crippen LogP) is 4.08. The van der Waals surface area contributed by atoms with Gasteiger partial charge in [-0.25, -0.2) is 4.79 Å². The molecule has 0 spiro atoms. The molecule has 2 rings (SSSR count). The van der Waals surface area contributed by atoms with Crippen LogP contribution in [0.3, 0.4) is 0 Å². The molecule has 2 aromatic carbocycles. The summed E-state index contributed by atoms with van der Waals surface area (Å²) >= 11 is 2.16. The summed E-state index contributed by atoms with van der Waals surface area (Å²) in [6, 6.07) is 15.6. The number of para-hydroxylation sites is 2. The summed E-state index contributed by atoms with van der Waals surface area (Å²) < 4.78 is 0.944. The summed E-state index contributed by atoms with van der Waals surface area (Å²) in [6.07, 6.45) is 0. The van der Waals surface area contributed by atoms with Gasteiger partial charge >= 0.3 is 6.03 Å². The third-order valence-corrected chi connectivity index (χ3v) is 4.34. The molecular formula is C18H20IN3O2. The van der Waals surface area contributed by atoms with E-state index in [9.17, 15) is 9.59 Å². The van der Waals surface area contributed by atoms with Crippen molar-refractivity contribution in [3.63, 3.8) is 0 Å². The van der Waals surface area contributed by atoms with Gasteiger partial charge in [0.1, 0.15) is 6.04 Å². The first-order valence-electron chi connectivity index (χ1n) is 7.65. The lowest BCUT2D eigenvalue weighted by Crippen LogP contribution is -2.48. The maximum absolute atomic E-state index is 12.5. The molecule has 6 heteroatoms. The Bertz CT molecular complexity index is 704. The minimum atomic E-state index is -0.635. The molecule has 0 heterocycles. The fraction of sp³-hybridized carbons (Fsp3) is 0.222. The quantitative estimate of drug-likeness (QED) is 0.618. The zero-order chi connectivity index (χ0) is 17.5. The van der Waals surface area contributed by atoms with Gasteiger partial charge in [0.05, 0.1) is 5.69 Å². The van der Waals surface area contributed by atoms with Crippen LogP contribution in [0.2, 0.25) is 0 Å². The van der Waals surface area contributed by atoms with Crippen LogP contribution < -0.4 is 16.0 Å². The summed E-state index contributed by atoms with van der Waals surface area (Å²) in [4.78, 5) is 24.7. The largest absolute Gasteiger partial charge is 0.326 e. The minimum absolute atomic E-state index is 0.0482. The van der Waals surface area contributed by atoms with E-state index in [0.29, 0.717) is 5.69 Å². The summed E-state index contributed by atoms with van der Waals surface area (Å²) in [7, 11) is 0. The van der Waals surface area contributed by atoms with Crippen molar-refractivity contribution in [3.05, 3.63) is 58.2 Å². The number of urea groups is 1. The summed E-state index contributed by atoms with van der Waals surface area (Å²) in [6.45, 7) is 3.78. The fourth-order valence-electron chi connectivity index (χ4n) is 2.14. The van der Waals surface area contributed by atoms with Crippen LogP contribution in [-0.4, -0.2) is 18.0 Å². The standard InChI is InChI=1S/C18H20IN3O2/c1-12(2)16(17(23)21-15-11-7-6-10-14(15)19)22-18(24)20-13-8-4-3-5-9-13/h3-12,16H,1-2H3,(H,21,23)(H2,20,22,24). The molecule has 2 aromatic rings. The molecule has 5 nitrogen and oxygen atoms in total. The smallest absolute Gasteiger partial charge is 0.319 e. The number of nitrogens with one attached hydrogen (secondary N) is 3. The first-order valence-corrected chi connectivity index (χ1v) is 8.73. The third kappa shape index (κ3) is 5.23. The van der Waals surface area contributed by atoms with Gasteiger partial charge in [0.2, 0.25) is 5.91 Å². The van der Waals surface area contributed by atoms with Crippen molar-refractivity contribution in [1.29, 1.82) is 0 Å². The zero-order valence-corrected chi connectivity index (χ0v) is 15.7. The van der Waals surface area contributed by atoms with Gasteiger partial charge < -0.3 is 16.0 Å². The van der Waals surface area contributed by atoms with Gasteiger partial charge in [-0.1, -0.05) is 44.2 Å². The van der Waals surface area contributed by atoms with E-state index in [0.717, 1.165) is 9.26 Å². The second kappa shape index (κ2) is 8.68. The van der Waals surface area contributed by atoms with E-state index in [2.05, 4.69) is 38.5 Å². The molecule has 0 aliphatic heterocycles. The molecule has 0 bridgehead atoms. The Kier molecular flexibility index (Phi) is 6.60. The Labute approximate surface area is 155 Å². The van der Waals surface area contributed by atoms with Gasteiger partial charge in [0.25, 0.3) is 0 Å². The normalized spacial score (nSPS) is 11.7. The number of rotatable bonds is 5. The molecule has 0 aliphatic carbocycles. The van der Waals surface area contributed by atoms with Gasteiger partial charge in [0.15, 0.2) is 0 Å². The number of carbonyl (C=O) groups is 2. The highest BCUT2D eigenvalue weighted by Crippen LogP contribution is 2.18. The van der Waals surface area contributed by atoms with Crippen molar-refractivity contribution < 1.29 is 9.59 Å². The van der Waals surface area contributed by atoms with E-state index in [1.54, 1.807) is 12.1 Å². The molecule has 1 unspecified atom stereocenters. The second-order valence-electron chi connectivity index (χ2n) is 5.66. The fourth-order valence-corrected chi connectivity index (χ4v) is 2.66. The van der Waals surface area contributed by atoms with Gasteiger partial charge in [-0.05, 0) is 52.8 Å². The molecule has 0 radical (unpaired) electrons. The monoisotopic (exact) mass is 437 g/mol. The van der Waals surface area contributed by atoms with Crippen LogP contribution in [0.15, 0.2) is 54.6 Å². The van der Waals surface area contributed by atoms with E-state index in [1.807, 2.05) is 56.3 Å². The lowest BCUT2D eigenvalue weighted by atomic mass is 10.0. The molecule has 1 atom stereocenters. The van der Waals surface area contributed by atoms with Gasteiger partial charge in [-0.2, -0.15) is 0 Å². The highest BCUT2D eigenvalue weighted by molar-refractivity contribution is 14.1. The van der Waals surface area contributed by atoms with E-state index in [1.165, 1.54) is 0 Å². The van der Waals surface area contributed by atoms with Crippen LogP contribution in [0, 0.1) is 9.49 Å². The minimum Gasteiger partial charge on any atom is -0.326 e. The number of carbonyl (C=O) groups excluding carboxylic acids is 2. The Morgan fingerprint density at radius 2 is 1.54 bits per heavy atom. The number of hydrogen-bond acceptors (Lipinski definition) is 2. The maximum Gasteiger partial charge on any atom is 0.319 e. The first kappa shape index (κ1) is 18.3. The molecule has 3 N–H and O–H groups in total. The van der Waals surface area contributed by atoms with Crippen LogP contribution in [0.5, 0.6) is 0 Å². The number of hydrogen-bond donors (Lipinski definition) is 3. The lowest BCUT2D eigenvalue weighted by Gasteiger charge is -2.22. The Morgan fingerprint density at radius 1 is 0.917 bits per heavy atom. The van der Waals surface area contributed by atoms with Crippen molar-refractivity contribution in [1.82, 2.24) is 5.32 Å². The average Bonchev–Trinajstić information content (AvgIpc) is 2.55. The Morgan fingerprint density at radius 3 is 2.17 bits per heavy atom. The van der Waals surface area contributed by atoms with Gasteiger partial charge in [0, 0.05) is 9.26 Å².